The first-order valence-corrected chi connectivity index (χ1v) is 9.76. The van der Waals surface area contributed by atoms with Crippen LogP contribution in [0.3, 0.4) is 0 Å². The Hall–Kier alpha value is -0.850. The molecule has 1 heteroatoms. The Bertz CT molecular complexity index is 370. The first-order chi connectivity index (χ1) is 10.8. The van der Waals surface area contributed by atoms with Crippen molar-refractivity contribution in [2.45, 2.75) is 105 Å². The van der Waals surface area contributed by atoms with Crippen molar-refractivity contribution in [2.75, 3.05) is 0 Å². The first kappa shape index (κ1) is 19.2. The molecule has 0 saturated heterocycles. The molecule has 1 nitrogen and oxygen atoms in total. The van der Waals surface area contributed by atoms with Crippen molar-refractivity contribution in [3.8, 4) is 0 Å². The molecule has 126 valence electrons. The zero-order valence-electron chi connectivity index (χ0n) is 15.5. The summed E-state index contributed by atoms with van der Waals surface area (Å²) >= 11 is 0. The monoisotopic (exact) mass is 303 g/mol. The second kappa shape index (κ2) is 11.7. The summed E-state index contributed by atoms with van der Waals surface area (Å²) in [5, 5.41) is 0. The van der Waals surface area contributed by atoms with Crippen LogP contribution in [-0.4, -0.2) is 4.98 Å². The van der Waals surface area contributed by atoms with Crippen molar-refractivity contribution in [1.82, 2.24) is 4.98 Å². The van der Waals surface area contributed by atoms with Gasteiger partial charge in [0.05, 0.1) is 0 Å². The van der Waals surface area contributed by atoms with Crippen LogP contribution in [0.2, 0.25) is 0 Å². The maximum atomic E-state index is 4.89. The second-order valence-electron chi connectivity index (χ2n) is 6.60. The van der Waals surface area contributed by atoms with Crippen LogP contribution in [0.15, 0.2) is 6.20 Å². The highest BCUT2D eigenvalue weighted by molar-refractivity contribution is 5.37. The highest BCUT2D eigenvalue weighted by Crippen LogP contribution is 2.24. The predicted molar refractivity (Wildman–Crippen MR) is 98.7 cm³/mol. The van der Waals surface area contributed by atoms with E-state index in [1.807, 2.05) is 0 Å². The standard InChI is InChI=1S/C21H37N/c1-5-9-13-18-17-22-21(16-12-8-4)20(15-11-7-3)19(18)14-10-6-2/h17H,5-16H2,1-4H3. The number of aromatic nitrogens is 1. The molecule has 0 aliphatic heterocycles. The Morgan fingerprint density at radius 1 is 0.636 bits per heavy atom. The summed E-state index contributed by atoms with van der Waals surface area (Å²) in [7, 11) is 0. The van der Waals surface area contributed by atoms with Crippen LogP contribution in [-0.2, 0) is 25.7 Å². The molecule has 0 bridgehead atoms. The van der Waals surface area contributed by atoms with E-state index in [1.54, 1.807) is 16.7 Å². The van der Waals surface area contributed by atoms with Crippen LogP contribution in [0, 0.1) is 0 Å². The van der Waals surface area contributed by atoms with E-state index in [4.69, 9.17) is 4.98 Å². The summed E-state index contributed by atoms with van der Waals surface area (Å²) in [6.45, 7) is 9.16. The summed E-state index contributed by atoms with van der Waals surface area (Å²) in [6, 6.07) is 0. The van der Waals surface area contributed by atoms with Gasteiger partial charge in [-0.2, -0.15) is 0 Å². The predicted octanol–water partition coefficient (Wildman–Crippen LogP) is 6.45. The highest BCUT2D eigenvalue weighted by Gasteiger charge is 2.14. The third-order valence-corrected chi connectivity index (χ3v) is 4.60. The zero-order valence-corrected chi connectivity index (χ0v) is 15.5. The molecule has 1 rings (SSSR count). The van der Waals surface area contributed by atoms with Crippen molar-refractivity contribution in [3.05, 3.63) is 28.6 Å². The summed E-state index contributed by atoms with van der Waals surface area (Å²) in [5.74, 6) is 0. The minimum Gasteiger partial charge on any atom is -0.261 e. The molecule has 0 aliphatic rings. The number of rotatable bonds is 12. The number of aryl methyl sites for hydroxylation is 2. The van der Waals surface area contributed by atoms with E-state index < -0.39 is 0 Å². The third kappa shape index (κ3) is 6.10. The van der Waals surface area contributed by atoms with E-state index in [9.17, 15) is 0 Å². The van der Waals surface area contributed by atoms with Crippen molar-refractivity contribution >= 4 is 0 Å². The minimum atomic E-state index is 1.17. The van der Waals surface area contributed by atoms with Crippen LogP contribution in [0.4, 0.5) is 0 Å². The number of hydrogen-bond acceptors (Lipinski definition) is 1. The first-order valence-electron chi connectivity index (χ1n) is 9.76. The largest absolute Gasteiger partial charge is 0.261 e. The lowest BCUT2D eigenvalue weighted by molar-refractivity contribution is 0.703. The van der Waals surface area contributed by atoms with Gasteiger partial charge < -0.3 is 0 Å². The maximum absolute atomic E-state index is 4.89. The lowest BCUT2D eigenvalue weighted by atomic mass is 9.90. The van der Waals surface area contributed by atoms with Gasteiger partial charge in [-0.3, -0.25) is 4.98 Å². The molecular formula is C21H37N. The van der Waals surface area contributed by atoms with Gasteiger partial charge in [0.1, 0.15) is 0 Å². The minimum absolute atomic E-state index is 1.17. The smallest absolute Gasteiger partial charge is 0.0438 e. The van der Waals surface area contributed by atoms with E-state index in [1.165, 1.54) is 82.7 Å². The molecule has 1 heterocycles. The Morgan fingerprint density at radius 2 is 1.14 bits per heavy atom. The quantitative estimate of drug-likeness (QED) is 0.432. The Labute approximate surface area is 138 Å². The van der Waals surface area contributed by atoms with Crippen LogP contribution in [0.5, 0.6) is 0 Å². The SMILES string of the molecule is CCCCc1cnc(CCCC)c(CCCC)c1CCCC. The van der Waals surface area contributed by atoms with Gasteiger partial charge in [-0.1, -0.05) is 53.4 Å². The molecule has 0 atom stereocenters. The number of nitrogens with zero attached hydrogens (tertiary/aromatic N) is 1. The fourth-order valence-electron chi connectivity index (χ4n) is 3.14. The van der Waals surface area contributed by atoms with Crippen molar-refractivity contribution in [2.24, 2.45) is 0 Å². The van der Waals surface area contributed by atoms with Crippen LogP contribution >= 0.6 is 0 Å². The number of hydrogen-bond donors (Lipinski definition) is 0. The molecule has 0 radical (unpaired) electrons. The topological polar surface area (TPSA) is 12.9 Å². The number of unbranched alkanes of at least 4 members (excludes halogenated alkanes) is 4. The van der Waals surface area contributed by atoms with E-state index in [2.05, 4.69) is 33.9 Å². The lowest BCUT2D eigenvalue weighted by Gasteiger charge is -2.18. The molecule has 0 aromatic carbocycles. The van der Waals surface area contributed by atoms with Gasteiger partial charge >= 0.3 is 0 Å². The highest BCUT2D eigenvalue weighted by atomic mass is 14.7. The van der Waals surface area contributed by atoms with Gasteiger partial charge in [-0.25, -0.2) is 0 Å². The Kier molecular flexibility index (Phi) is 10.2. The van der Waals surface area contributed by atoms with E-state index >= 15 is 0 Å². The molecule has 1 aromatic heterocycles. The van der Waals surface area contributed by atoms with Crippen molar-refractivity contribution in [3.63, 3.8) is 0 Å². The average molecular weight is 304 g/mol. The summed E-state index contributed by atoms with van der Waals surface area (Å²) in [6.07, 6.45) is 17.4. The summed E-state index contributed by atoms with van der Waals surface area (Å²) < 4.78 is 0. The molecule has 0 fully saturated rings. The molecule has 0 amide bonds. The molecule has 1 aromatic rings. The third-order valence-electron chi connectivity index (χ3n) is 4.60. The van der Waals surface area contributed by atoms with Gasteiger partial charge in [0.2, 0.25) is 0 Å². The zero-order chi connectivity index (χ0) is 16.2. The van der Waals surface area contributed by atoms with Crippen molar-refractivity contribution < 1.29 is 0 Å². The second-order valence-corrected chi connectivity index (χ2v) is 6.60. The Morgan fingerprint density at radius 3 is 1.73 bits per heavy atom. The number of pyridine rings is 1. The van der Waals surface area contributed by atoms with Crippen LogP contribution < -0.4 is 0 Å². The summed E-state index contributed by atoms with van der Waals surface area (Å²) in [4.78, 5) is 4.89. The van der Waals surface area contributed by atoms with E-state index in [0.717, 1.165) is 0 Å². The Balaban J connectivity index is 3.11. The van der Waals surface area contributed by atoms with Gasteiger partial charge in [0.25, 0.3) is 0 Å². The molecular weight excluding hydrogens is 266 g/mol. The molecule has 0 saturated carbocycles. The summed E-state index contributed by atoms with van der Waals surface area (Å²) in [5.41, 5.74) is 6.24. The van der Waals surface area contributed by atoms with E-state index in [0.29, 0.717) is 0 Å². The molecule has 0 unspecified atom stereocenters. The molecule has 0 spiro atoms. The fraction of sp³-hybridized carbons (Fsp3) is 0.762. The maximum Gasteiger partial charge on any atom is 0.0438 e. The van der Waals surface area contributed by atoms with Gasteiger partial charge in [-0.05, 0) is 68.1 Å². The van der Waals surface area contributed by atoms with Crippen LogP contribution in [0.1, 0.15) is 101 Å². The lowest BCUT2D eigenvalue weighted by Crippen LogP contribution is -2.08. The van der Waals surface area contributed by atoms with Gasteiger partial charge in [-0.15, -0.1) is 0 Å². The van der Waals surface area contributed by atoms with Gasteiger partial charge in [0.15, 0.2) is 0 Å². The molecule has 0 N–H and O–H groups in total. The van der Waals surface area contributed by atoms with E-state index in [-0.39, 0.29) is 0 Å². The van der Waals surface area contributed by atoms with Gasteiger partial charge in [0, 0.05) is 11.9 Å². The van der Waals surface area contributed by atoms with Crippen LogP contribution in [0.25, 0.3) is 0 Å². The normalized spacial score (nSPS) is 11.1. The average Bonchev–Trinajstić information content (AvgIpc) is 2.55. The van der Waals surface area contributed by atoms with Crippen molar-refractivity contribution in [1.29, 1.82) is 0 Å². The fourth-order valence-corrected chi connectivity index (χ4v) is 3.14. The molecule has 22 heavy (non-hydrogen) atoms. The molecule has 0 aliphatic carbocycles.